The minimum atomic E-state index is -0.757. The van der Waals surface area contributed by atoms with Crippen LogP contribution in [-0.4, -0.2) is 34.2 Å². The second-order valence-electron chi connectivity index (χ2n) is 8.20. The number of nitro benzene ring substituents is 1. The normalized spacial score (nSPS) is 14.0. The number of carbonyl (C=O) groups is 3. The van der Waals surface area contributed by atoms with E-state index >= 15 is 0 Å². The van der Waals surface area contributed by atoms with Crippen molar-refractivity contribution in [2.75, 3.05) is 11.9 Å². The van der Waals surface area contributed by atoms with Crippen LogP contribution in [0.4, 0.5) is 16.2 Å². The smallest absolute Gasteiger partial charge is 0.329 e. The van der Waals surface area contributed by atoms with E-state index in [1.807, 2.05) is 49.4 Å². The van der Waals surface area contributed by atoms with E-state index in [0.29, 0.717) is 17.7 Å². The average molecular weight is 501 g/mol. The highest BCUT2D eigenvalue weighted by atomic mass is 16.6. The quantitative estimate of drug-likeness (QED) is 0.195. The van der Waals surface area contributed by atoms with Crippen molar-refractivity contribution in [2.24, 2.45) is 0 Å². The monoisotopic (exact) mass is 500 g/mol. The minimum absolute atomic E-state index is 0.0726. The first kappa shape index (κ1) is 25.1. The number of ether oxygens (including phenoxy) is 1. The lowest BCUT2D eigenvalue weighted by molar-refractivity contribution is -0.386. The number of carbonyl (C=O) groups excluding carboxylic acids is 3. The lowest BCUT2D eigenvalue weighted by Crippen LogP contribution is -2.38. The molecule has 2 N–H and O–H groups in total. The molecule has 10 nitrogen and oxygen atoms in total. The van der Waals surface area contributed by atoms with Crippen molar-refractivity contribution in [2.45, 2.75) is 20.0 Å². The largest absolute Gasteiger partial charge is 0.482 e. The zero-order valence-electron chi connectivity index (χ0n) is 20.0. The molecule has 0 aromatic heterocycles. The van der Waals surface area contributed by atoms with E-state index in [2.05, 4.69) is 10.6 Å². The Morgan fingerprint density at radius 1 is 1.08 bits per heavy atom. The summed E-state index contributed by atoms with van der Waals surface area (Å²) in [4.78, 5) is 49.5. The van der Waals surface area contributed by atoms with Crippen LogP contribution >= 0.6 is 0 Å². The fourth-order valence-electron chi connectivity index (χ4n) is 3.79. The second-order valence-corrected chi connectivity index (χ2v) is 8.20. The summed E-state index contributed by atoms with van der Waals surface area (Å²) in [7, 11) is 0. The maximum absolute atomic E-state index is 12.8. The summed E-state index contributed by atoms with van der Waals surface area (Å²) >= 11 is 0. The molecule has 0 atom stereocenters. The first-order valence-corrected chi connectivity index (χ1v) is 11.5. The van der Waals surface area contributed by atoms with E-state index in [1.54, 1.807) is 12.1 Å². The summed E-state index contributed by atoms with van der Waals surface area (Å²) in [5.74, 6) is -1.17. The highest BCUT2D eigenvalue weighted by Gasteiger charge is 2.35. The Kier molecular flexibility index (Phi) is 7.58. The first-order valence-electron chi connectivity index (χ1n) is 11.5. The van der Waals surface area contributed by atoms with E-state index in [0.717, 1.165) is 16.0 Å². The van der Waals surface area contributed by atoms with Crippen molar-refractivity contribution in [3.05, 3.63) is 105 Å². The van der Waals surface area contributed by atoms with Crippen molar-refractivity contribution < 1.29 is 24.0 Å². The summed E-state index contributed by atoms with van der Waals surface area (Å²) < 4.78 is 5.62. The number of hydrogen-bond acceptors (Lipinski definition) is 6. The van der Waals surface area contributed by atoms with Gasteiger partial charge in [-0.25, -0.2) is 9.69 Å². The SMILES string of the molecule is CCc1ccccc1NC(=O)CN1C(=O)N/C(=C/c2ccc(OCc3ccccc3)c([N+](=O)[O-])c2)C1=O. The van der Waals surface area contributed by atoms with Gasteiger partial charge in [-0.05, 0) is 41.3 Å². The predicted molar refractivity (Wildman–Crippen MR) is 137 cm³/mol. The van der Waals surface area contributed by atoms with E-state index in [1.165, 1.54) is 24.3 Å². The second kappa shape index (κ2) is 11.2. The number of nitrogens with zero attached hydrogens (tertiary/aromatic N) is 2. The Balaban J connectivity index is 1.46. The average Bonchev–Trinajstić information content (AvgIpc) is 3.15. The number of benzene rings is 3. The van der Waals surface area contributed by atoms with Crippen LogP contribution in [0.5, 0.6) is 5.75 Å². The topological polar surface area (TPSA) is 131 Å². The predicted octanol–water partition coefficient (Wildman–Crippen LogP) is 4.27. The van der Waals surface area contributed by atoms with Crippen molar-refractivity contribution in [1.29, 1.82) is 0 Å². The van der Waals surface area contributed by atoms with Crippen molar-refractivity contribution >= 4 is 35.3 Å². The molecule has 4 rings (SSSR count). The first-order chi connectivity index (χ1) is 17.9. The van der Waals surface area contributed by atoms with Gasteiger partial charge in [0.2, 0.25) is 5.91 Å². The number of imide groups is 1. The van der Waals surface area contributed by atoms with Crippen LogP contribution in [0.15, 0.2) is 78.5 Å². The number of rotatable bonds is 9. The number of urea groups is 1. The van der Waals surface area contributed by atoms with Crippen LogP contribution in [0.3, 0.4) is 0 Å². The van der Waals surface area contributed by atoms with Crippen molar-refractivity contribution in [1.82, 2.24) is 10.2 Å². The summed E-state index contributed by atoms with van der Waals surface area (Å²) in [5, 5.41) is 16.8. The van der Waals surface area contributed by atoms with E-state index in [4.69, 9.17) is 4.74 Å². The maximum Gasteiger partial charge on any atom is 0.329 e. The van der Waals surface area contributed by atoms with E-state index in [9.17, 15) is 24.5 Å². The van der Waals surface area contributed by atoms with Crippen LogP contribution in [0, 0.1) is 10.1 Å². The van der Waals surface area contributed by atoms with Gasteiger partial charge in [-0.15, -0.1) is 0 Å². The third-order valence-electron chi connectivity index (χ3n) is 5.66. The highest BCUT2D eigenvalue weighted by molar-refractivity contribution is 6.16. The Labute approximate surface area is 212 Å². The van der Waals surface area contributed by atoms with Crippen LogP contribution in [0.1, 0.15) is 23.6 Å². The van der Waals surface area contributed by atoms with Gasteiger partial charge in [-0.1, -0.05) is 61.5 Å². The van der Waals surface area contributed by atoms with Gasteiger partial charge in [0.15, 0.2) is 5.75 Å². The molecule has 1 heterocycles. The molecule has 0 saturated carbocycles. The molecule has 0 aliphatic carbocycles. The van der Waals surface area contributed by atoms with E-state index < -0.39 is 29.3 Å². The molecule has 188 valence electrons. The van der Waals surface area contributed by atoms with Crippen LogP contribution in [0.25, 0.3) is 6.08 Å². The van der Waals surface area contributed by atoms with Gasteiger partial charge in [-0.2, -0.15) is 0 Å². The molecule has 1 aliphatic heterocycles. The van der Waals surface area contributed by atoms with Gasteiger partial charge in [-0.3, -0.25) is 19.7 Å². The molecule has 1 saturated heterocycles. The van der Waals surface area contributed by atoms with Crippen LogP contribution in [0.2, 0.25) is 0 Å². The Morgan fingerprint density at radius 3 is 2.54 bits per heavy atom. The molecule has 3 aromatic carbocycles. The Hall–Kier alpha value is -4.99. The van der Waals surface area contributed by atoms with Gasteiger partial charge in [0.25, 0.3) is 5.91 Å². The van der Waals surface area contributed by atoms with Gasteiger partial charge in [0.05, 0.1) is 4.92 Å². The standard InChI is InChI=1S/C27H24N4O6/c1-2-20-10-6-7-11-21(20)28-25(32)16-30-26(33)22(29-27(30)34)14-19-12-13-24(23(15-19)31(35)36)37-17-18-8-4-3-5-9-18/h3-15H,2,16-17H2,1H3,(H,28,32)(H,29,34)/b22-14+. The lowest BCUT2D eigenvalue weighted by atomic mass is 10.1. The Bertz CT molecular complexity index is 1390. The number of aryl methyl sites for hydroxylation is 1. The molecule has 1 fully saturated rings. The number of nitro groups is 1. The molecular formula is C27H24N4O6. The fraction of sp³-hybridized carbons (Fsp3) is 0.148. The zero-order chi connectivity index (χ0) is 26.4. The molecule has 0 bridgehead atoms. The van der Waals surface area contributed by atoms with Gasteiger partial charge in [0.1, 0.15) is 18.8 Å². The molecular weight excluding hydrogens is 476 g/mol. The number of anilines is 1. The highest BCUT2D eigenvalue weighted by Crippen LogP contribution is 2.30. The molecule has 1 aliphatic rings. The summed E-state index contributed by atoms with van der Waals surface area (Å²) in [5.41, 5.74) is 2.31. The third kappa shape index (κ3) is 5.99. The van der Waals surface area contributed by atoms with Gasteiger partial charge < -0.3 is 15.4 Å². The van der Waals surface area contributed by atoms with E-state index in [-0.39, 0.29) is 23.7 Å². The molecule has 0 radical (unpaired) electrons. The Morgan fingerprint density at radius 2 is 1.81 bits per heavy atom. The number of para-hydroxylation sites is 1. The zero-order valence-corrected chi connectivity index (χ0v) is 20.0. The van der Waals surface area contributed by atoms with Crippen molar-refractivity contribution in [3.8, 4) is 5.75 Å². The van der Waals surface area contributed by atoms with Gasteiger partial charge in [0, 0.05) is 11.8 Å². The molecule has 37 heavy (non-hydrogen) atoms. The molecule has 0 unspecified atom stereocenters. The third-order valence-corrected chi connectivity index (χ3v) is 5.66. The molecule has 3 aromatic rings. The number of hydrogen-bond donors (Lipinski definition) is 2. The minimum Gasteiger partial charge on any atom is -0.482 e. The van der Waals surface area contributed by atoms with Crippen LogP contribution < -0.4 is 15.4 Å². The molecule has 10 heteroatoms. The molecule has 4 amide bonds. The fourth-order valence-corrected chi connectivity index (χ4v) is 3.79. The summed E-state index contributed by atoms with van der Waals surface area (Å²) in [6.45, 7) is 1.62. The van der Waals surface area contributed by atoms with Gasteiger partial charge >= 0.3 is 11.7 Å². The summed E-state index contributed by atoms with van der Waals surface area (Å²) in [6, 6.07) is 19.9. The molecule has 0 spiro atoms. The summed E-state index contributed by atoms with van der Waals surface area (Å²) in [6.07, 6.45) is 2.02. The van der Waals surface area contributed by atoms with Crippen molar-refractivity contribution in [3.63, 3.8) is 0 Å². The lowest BCUT2D eigenvalue weighted by Gasteiger charge is -2.13. The van der Waals surface area contributed by atoms with Crippen LogP contribution in [-0.2, 0) is 22.6 Å². The maximum atomic E-state index is 12.8. The number of nitrogens with one attached hydrogen (secondary N) is 2. The number of amides is 4.